The fourth-order valence-corrected chi connectivity index (χ4v) is 2.90. The summed E-state index contributed by atoms with van der Waals surface area (Å²) in [4.78, 5) is 12.0. The van der Waals surface area contributed by atoms with Crippen LogP contribution in [0.15, 0.2) is 18.2 Å². The fraction of sp³-hybridized carbons (Fsp3) is 0.588. The van der Waals surface area contributed by atoms with Crippen LogP contribution in [0.25, 0.3) is 0 Å². The minimum atomic E-state index is 0.103. The highest BCUT2D eigenvalue weighted by Crippen LogP contribution is 2.22. The van der Waals surface area contributed by atoms with E-state index in [-0.39, 0.29) is 11.9 Å². The lowest BCUT2D eigenvalue weighted by molar-refractivity contribution is -0.120. The largest absolute Gasteiger partial charge is 0.355 e. The van der Waals surface area contributed by atoms with E-state index < -0.39 is 0 Å². The van der Waals surface area contributed by atoms with Crippen LogP contribution in [0.2, 0.25) is 0 Å². The van der Waals surface area contributed by atoms with Gasteiger partial charge in [-0.05, 0) is 49.3 Å². The number of hydrogen-bond donors (Lipinski definition) is 2. The summed E-state index contributed by atoms with van der Waals surface area (Å²) in [7, 11) is 0. The molecule has 1 aliphatic rings. The summed E-state index contributed by atoms with van der Waals surface area (Å²) in [5, 5.41) is 3.05. The molecule has 0 aromatic heterocycles. The standard InChI is InChI=1S/C17H26N2O/c1-12-7-8-14(9-13(12)2)10-17(20)19-11-15-5-3-4-6-16(15)18/h7-9,15-16H,3-6,10-11,18H2,1-2H3,(H,19,20). The third-order valence-corrected chi connectivity index (χ3v) is 4.47. The van der Waals surface area contributed by atoms with Gasteiger partial charge in [-0.2, -0.15) is 0 Å². The Morgan fingerprint density at radius 2 is 2.00 bits per heavy atom. The predicted molar refractivity (Wildman–Crippen MR) is 82.6 cm³/mol. The van der Waals surface area contributed by atoms with Crippen molar-refractivity contribution in [2.24, 2.45) is 11.7 Å². The Balaban J connectivity index is 1.81. The Labute approximate surface area is 121 Å². The van der Waals surface area contributed by atoms with E-state index in [1.165, 1.54) is 24.0 Å². The van der Waals surface area contributed by atoms with Gasteiger partial charge in [-0.1, -0.05) is 31.0 Å². The van der Waals surface area contributed by atoms with E-state index >= 15 is 0 Å². The summed E-state index contributed by atoms with van der Waals surface area (Å²) in [5.41, 5.74) is 9.69. The van der Waals surface area contributed by atoms with Gasteiger partial charge in [0, 0.05) is 12.6 Å². The number of benzene rings is 1. The second-order valence-corrected chi connectivity index (χ2v) is 6.11. The Morgan fingerprint density at radius 1 is 1.25 bits per heavy atom. The van der Waals surface area contributed by atoms with Gasteiger partial charge in [-0.3, -0.25) is 4.79 Å². The van der Waals surface area contributed by atoms with E-state index in [9.17, 15) is 4.79 Å². The van der Waals surface area contributed by atoms with E-state index in [2.05, 4.69) is 31.3 Å². The van der Waals surface area contributed by atoms with Gasteiger partial charge in [0.25, 0.3) is 0 Å². The highest BCUT2D eigenvalue weighted by molar-refractivity contribution is 5.78. The third kappa shape index (κ3) is 4.07. The van der Waals surface area contributed by atoms with Gasteiger partial charge in [-0.25, -0.2) is 0 Å². The normalized spacial score (nSPS) is 22.6. The molecule has 2 atom stereocenters. The van der Waals surface area contributed by atoms with Gasteiger partial charge in [0.1, 0.15) is 0 Å². The Kier molecular flexibility index (Phi) is 5.18. The topological polar surface area (TPSA) is 55.1 Å². The van der Waals surface area contributed by atoms with Crippen LogP contribution in [0.3, 0.4) is 0 Å². The molecule has 3 nitrogen and oxygen atoms in total. The van der Waals surface area contributed by atoms with E-state index in [1.807, 2.05) is 6.07 Å². The molecule has 0 heterocycles. The third-order valence-electron chi connectivity index (χ3n) is 4.47. The molecule has 0 radical (unpaired) electrons. The molecule has 2 unspecified atom stereocenters. The van der Waals surface area contributed by atoms with Crippen LogP contribution in [0.1, 0.15) is 42.4 Å². The maximum absolute atomic E-state index is 12.0. The number of carbonyl (C=O) groups excluding carboxylic acids is 1. The summed E-state index contributed by atoms with van der Waals surface area (Å²) in [5.74, 6) is 0.554. The molecule has 3 heteroatoms. The number of hydrogen-bond acceptors (Lipinski definition) is 2. The second-order valence-electron chi connectivity index (χ2n) is 6.11. The van der Waals surface area contributed by atoms with Gasteiger partial charge in [0.15, 0.2) is 0 Å². The molecular weight excluding hydrogens is 248 g/mol. The number of aryl methyl sites for hydroxylation is 2. The van der Waals surface area contributed by atoms with Crippen molar-refractivity contribution in [2.45, 2.75) is 52.0 Å². The summed E-state index contributed by atoms with van der Waals surface area (Å²) in [6, 6.07) is 6.47. The molecule has 1 saturated carbocycles. The van der Waals surface area contributed by atoms with Crippen LogP contribution in [0, 0.1) is 19.8 Å². The van der Waals surface area contributed by atoms with Gasteiger partial charge < -0.3 is 11.1 Å². The number of carbonyl (C=O) groups is 1. The Bertz CT molecular complexity index is 470. The van der Waals surface area contributed by atoms with Crippen LogP contribution < -0.4 is 11.1 Å². The van der Waals surface area contributed by atoms with Crippen molar-refractivity contribution >= 4 is 5.91 Å². The van der Waals surface area contributed by atoms with Crippen molar-refractivity contribution < 1.29 is 4.79 Å². The second kappa shape index (κ2) is 6.89. The molecule has 110 valence electrons. The smallest absolute Gasteiger partial charge is 0.224 e. The first-order chi connectivity index (χ1) is 9.56. The molecule has 3 N–H and O–H groups in total. The average Bonchev–Trinajstić information content (AvgIpc) is 2.42. The average molecular weight is 274 g/mol. The van der Waals surface area contributed by atoms with Gasteiger partial charge in [0.2, 0.25) is 5.91 Å². The zero-order valence-electron chi connectivity index (χ0n) is 12.6. The molecule has 0 bridgehead atoms. The molecule has 20 heavy (non-hydrogen) atoms. The molecule has 1 aliphatic carbocycles. The molecule has 1 aromatic rings. The van der Waals surface area contributed by atoms with E-state index in [0.29, 0.717) is 12.3 Å². The SMILES string of the molecule is Cc1ccc(CC(=O)NCC2CCCCC2N)cc1C. The lowest BCUT2D eigenvalue weighted by Crippen LogP contribution is -2.41. The highest BCUT2D eigenvalue weighted by atomic mass is 16.1. The summed E-state index contributed by atoms with van der Waals surface area (Å²) >= 11 is 0. The monoisotopic (exact) mass is 274 g/mol. The van der Waals surface area contributed by atoms with Crippen LogP contribution in [0.5, 0.6) is 0 Å². The van der Waals surface area contributed by atoms with Gasteiger partial charge >= 0.3 is 0 Å². The highest BCUT2D eigenvalue weighted by Gasteiger charge is 2.21. The van der Waals surface area contributed by atoms with Crippen molar-refractivity contribution in [1.82, 2.24) is 5.32 Å². The number of amides is 1. The summed E-state index contributed by atoms with van der Waals surface area (Å²) < 4.78 is 0. The molecule has 1 aromatic carbocycles. The first-order valence-electron chi connectivity index (χ1n) is 7.64. The minimum Gasteiger partial charge on any atom is -0.355 e. The Hall–Kier alpha value is -1.35. The lowest BCUT2D eigenvalue weighted by Gasteiger charge is -2.28. The van der Waals surface area contributed by atoms with Crippen molar-refractivity contribution in [2.75, 3.05) is 6.54 Å². The van der Waals surface area contributed by atoms with Crippen LogP contribution in [-0.4, -0.2) is 18.5 Å². The molecule has 0 aliphatic heterocycles. The molecule has 2 rings (SSSR count). The number of nitrogens with two attached hydrogens (primary N) is 1. The molecule has 1 amide bonds. The van der Waals surface area contributed by atoms with Crippen LogP contribution in [-0.2, 0) is 11.2 Å². The fourth-order valence-electron chi connectivity index (χ4n) is 2.90. The molecule has 1 fully saturated rings. The predicted octanol–water partition coefficient (Wildman–Crippen LogP) is 2.48. The van der Waals surface area contributed by atoms with E-state index in [4.69, 9.17) is 5.73 Å². The minimum absolute atomic E-state index is 0.103. The zero-order valence-corrected chi connectivity index (χ0v) is 12.6. The van der Waals surface area contributed by atoms with E-state index in [1.54, 1.807) is 0 Å². The van der Waals surface area contributed by atoms with Gasteiger partial charge in [-0.15, -0.1) is 0 Å². The van der Waals surface area contributed by atoms with Gasteiger partial charge in [0.05, 0.1) is 6.42 Å². The maximum atomic E-state index is 12.0. The first kappa shape index (κ1) is 15.0. The molecular formula is C17H26N2O. The van der Waals surface area contributed by atoms with Crippen molar-refractivity contribution in [3.8, 4) is 0 Å². The molecule has 0 spiro atoms. The van der Waals surface area contributed by atoms with Crippen molar-refractivity contribution in [3.05, 3.63) is 34.9 Å². The zero-order chi connectivity index (χ0) is 14.5. The summed E-state index contributed by atoms with van der Waals surface area (Å²) in [6.07, 6.45) is 5.17. The van der Waals surface area contributed by atoms with Crippen LogP contribution >= 0.6 is 0 Å². The Morgan fingerprint density at radius 3 is 2.70 bits per heavy atom. The summed E-state index contributed by atoms with van der Waals surface area (Å²) in [6.45, 7) is 4.90. The lowest BCUT2D eigenvalue weighted by atomic mass is 9.85. The maximum Gasteiger partial charge on any atom is 0.224 e. The number of rotatable bonds is 4. The van der Waals surface area contributed by atoms with Crippen molar-refractivity contribution in [3.63, 3.8) is 0 Å². The first-order valence-corrected chi connectivity index (χ1v) is 7.64. The van der Waals surface area contributed by atoms with E-state index in [0.717, 1.165) is 24.9 Å². The quantitative estimate of drug-likeness (QED) is 0.886. The molecule has 0 saturated heterocycles. The number of nitrogens with one attached hydrogen (secondary N) is 1. The van der Waals surface area contributed by atoms with Crippen molar-refractivity contribution in [1.29, 1.82) is 0 Å². The van der Waals surface area contributed by atoms with Crippen LogP contribution in [0.4, 0.5) is 0 Å².